The highest BCUT2D eigenvalue weighted by Crippen LogP contribution is 2.23. The standard InChI is InChI=1S/C13H23N5O2/c1-4-8-14-12-7-6-11(18(19)20)13(16-12)15-9-5-10-17(2)3/h6-7H,4-5,8-10H2,1-3H3,(H2,14,15,16). The van der Waals surface area contributed by atoms with Crippen LogP contribution in [0.15, 0.2) is 12.1 Å². The minimum absolute atomic E-state index is 0.0110. The van der Waals surface area contributed by atoms with E-state index in [9.17, 15) is 10.1 Å². The second-order valence-electron chi connectivity index (χ2n) is 4.83. The SMILES string of the molecule is CCCNc1ccc([N+](=O)[O-])c(NCCCN(C)C)n1. The lowest BCUT2D eigenvalue weighted by molar-refractivity contribution is -0.384. The van der Waals surface area contributed by atoms with E-state index < -0.39 is 4.92 Å². The molecule has 0 aliphatic heterocycles. The van der Waals surface area contributed by atoms with Gasteiger partial charge in [0.1, 0.15) is 5.82 Å². The molecule has 112 valence electrons. The lowest BCUT2D eigenvalue weighted by atomic mass is 10.3. The van der Waals surface area contributed by atoms with Gasteiger partial charge in [-0.15, -0.1) is 0 Å². The lowest BCUT2D eigenvalue weighted by Gasteiger charge is -2.11. The van der Waals surface area contributed by atoms with Crippen molar-refractivity contribution in [2.75, 3.05) is 44.4 Å². The third kappa shape index (κ3) is 5.40. The molecule has 20 heavy (non-hydrogen) atoms. The summed E-state index contributed by atoms with van der Waals surface area (Å²) in [6, 6.07) is 3.12. The molecule has 0 unspecified atom stereocenters. The molecule has 0 atom stereocenters. The van der Waals surface area contributed by atoms with Crippen molar-refractivity contribution in [1.82, 2.24) is 9.88 Å². The molecule has 0 aromatic carbocycles. The summed E-state index contributed by atoms with van der Waals surface area (Å²) >= 11 is 0. The van der Waals surface area contributed by atoms with Crippen LogP contribution in [0.1, 0.15) is 19.8 Å². The maximum absolute atomic E-state index is 11.0. The summed E-state index contributed by atoms with van der Waals surface area (Å²) < 4.78 is 0. The van der Waals surface area contributed by atoms with Gasteiger partial charge in [0.25, 0.3) is 0 Å². The van der Waals surface area contributed by atoms with E-state index >= 15 is 0 Å². The summed E-state index contributed by atoms with van der Waals surface area (Å²) in [7, 11) is 3.99. The van der Waals surface area contributed by atoms with Gasteiger partial charge in [-0.3, -0.25) is 10.1 Å². The number of hydrogen-bond acceptors (Lipinski definition) is 6. The first-order valence-electron chi connectivity index (χ1n) is 6.82. The zero-order chi connectivity index (χ0) is 15.0. The molecule has 0 spiro atoms. The summed E-state index contributed by atoms with van der Waals surface area (Å²) in [5.74, 6) is 0.988. The Kier molecular flexibility index (Phi) is 6.72. The van der Waals surface area contributed by atoms with Gasteiger partial charge in [-0.2, -0.15) is 0 Å². The number of nitro groups is 1. The Balaban J connectivity index is 2.70. The Morgan fingerprint density at radius 3 is 2.65 bits per heavy atom. The quantitative estimate of drug-likeness (QED) is 0.410. The summed E-state index contributed by atoms with van der Waals surface area (Å²) in [6.45, 7) is 4.43. The summed E-state index contributed by atoms with van der Waals surface area (Å²) in [6.07, 6.45) is 1.88. The molecule has 0 radical (unpaired) electrons. The van der Waals surface area contributed by atoms with E-state index in [0.29, 0.717) is 18.2 Å². The molecule has 0 fully saturated rings. The number of hydrogen-bond donors (Lipinski definition) is 2. The maximum Gasteiger partial charge on any atom is 0.311 e. The zero-order valence-corrected chi connectivity index (χ0v) is 12.3. The van der Waals surface area contributed by atoms with E-state index in [4.69, 9.17) is 0 Å². The van der Waals surface area contributed by atoms with E-state index in [0.717, 1.165) is 25.9 Å². The summed E-state index contributed by atoms with van der Waals surface area (Å²) in [5.41, 5.74) is 0.0110. The van der Waals surface area contributed by atoms with Crippen LogP contribution >= 0.6 is 0 Å². The van der Waals surface area contributed by atoms with Gasteiger partial charge in [0.15, 0.2) is 0 Å². The maximum atomic E-state index is 11.0. The first kappa shape index (κ1) is 16.2. The molecule has 2 N–H and O–H groups in total. The molecule has 1 aromatic rings. The highest BCUT2D eigenvalue weighted by atomic mass is 16.6. The topological polar surface area (TPSA) is 83.3 Å². The van der Waals surface area contributed by atoms with Crippen LogP contribution < -0.4 is 10.6 Å². The van der Waals surface area contributed by atoms with Gasteiger partial charge in [-0.25, -0.2) is 4.98 Å². The van der Waals surface area contributed by atoms with Gasteiger partial charge < -0.3 is 15.5 Å². The largest absolute Gasteiger partial charge is 0.370 e. The number of aromatic nitrogens is 1. The Hall–Kier alpha value is -1.89. The number of anilines is 2. The van der Waals surface area contributed by atoms with Gasteiger partial charge >= 0.3 is 5.69 Å². The smallest absolute Gasteiger partial charge is 0.311 e. The van der Waals surface area contributed by atoms with E-state index in [-0.39, 0.29) is 5.69 Å². The van der Waals surface area contributed by atoms with Gasteiger partial charge in [0.05, 0.1) is 4.92 Å². The molecular formula is C13H23N5O2. The fourth-order valence-electron chi connectivity index (χ4n) is 1.68. The van der Waals surface area contributed by atoms with Crippen LogP contribution in [0.3, 0.4) is 0 Å². The average Bonchev–Trinajstić information content (AvgIpc) is 2.41. The molecule has 0 bridgehead atoms. The Bertz CT molecular complexity index is 437. The van der Waals surface area contributed by atoms with Crippen molar-refractivity contribution in [2.24, 2.45) is 0 Å². The van der Waals surface area contributed by atoms with Crippen LogP contribution in [0.25, 0.3) is 0 Å². The number of rotatable bonds is 9. The minimum atomic E-state index is -0.412. The molecule has 1 aromatic heterocycles. The van der Waals surface area contributed by atoms with Crippen LogP contribution in [0, 0.1) is 10.1 Å². The molecular weight excluding hydrogens is 258 g/mol. The summed E-state index contributed by atoms with van der Waals surface area (Å²) in [4.78, 5) is 16.9. The molecule has 7 nitrogen and oxygen atoms in total. The van der Waals surface area contributed by atoms with Crippen molar-refractivity contribution in [2.45, 2.75) is 19.8 Å². The molecule has 0 aliphatic carbocycles. The van der Waals surface area contributed by atoms with E-state index in [1.165, 1.54) is 6.07 Å². The zero-order valence-electron chi connectivity index (χ0n) is 12.3. The van der Waals surface area contributed by atoms with Gasteiger partial charge in [0, 0.05) is 19.2 Å². The third-order valence-electron chi connectivity index (χ3n) is 2.70. The van der Waals surface area contributed by atoms with Crippen molar-refractivity contribution in [1.29, 1.82) is 0 Å². The van der Waals surface area contributed by atoms with Crippen LogP contribution in [0.4, 0.5) is 17.3 Å². The van der Waals surface area contributed by atoms with Crippen molar-refractivity contribution in [3.8, 4) is 0 Å². The number of pyridine rings is 1. The Labute approximate surface area is 119 Å². The van der Waals surface area contributed by atoms with E-state index in [1.807, 2.05) is 14.1 Å². The summed E-state index contributed by atoms with van der Waals surface area (Å²) in [5, 5.41) is 17.2. The average molecular weight is 281 g/mol. The van der Waals surface area contributed by atoms with Crippen molar-refractivity contribution >= 4 is 17.3 Å². The highest BCUT2D eigenvalue weighted by Gasteiger charge is 2.15. The molecule has 7 heteroatoms. The number of nitrogens with zero attached hydrogens (tertiary/aromatic N) is 3. The molecule has 0 amide bonds. The monoisotopic (exact) mass is 281 g/mol. The van der Waals surface area contributed by atoms with Crippen LogP contribution in [0.5, 0.6) is 0 Å². The van der Waals surface area contributed by atoms with Gasteiger partial charge in [-0.05, 0) is 39.5 Å². The second kappa shape index (κ2) is 8.31. The van der Waals surface area contributed by atoms with E-state index in [2.05, 4.69) is 27.4 Å². The molecule has 0 aliphatic rings. The molecule has 1 heterocycles. The number of nitrogens with one attached hydrogen (secondary N) is 2. The fraction of sp³-hybridized carbons (Fsp3) is 0.615. The normalized spacial score (nSPS) is 10.6. The highest BCUT2D eigenvalue weighted by molar-refractivity contribution is 5.60. The Morgan fingerprint density at radius 2 is 2.05 bits per heavy atom. The molecule has 1 rings (SSSR count). The molecule has 0 saturated carbocycles. The predicted molar refractivity (Wildman–Crippen MR) is 81.3 cm³/mol. The first-order valence-corrected chi connectivity index (χ1v) is 6.82. The second-order valence-corrected chi connectivity index (χ2v) is 4.83. The molecule has 0 saturated heterocycles. The van der Waals surface area contributed by atoms with Gasteiger partial charge in [-0.1, -0.05) is 6.92 Å². The Morgan fingerprint density at radius 1 is 1.30 bits per heavy atom. The predicted octanol–water partition coefficient (Wildman–Crippen LogP) is 2.18. The van der Waals surface area contributed by atoms with Crippen LogP contribution in [-0.4, -0.2) is 48.5 Å². The fourth-order valence-corrected chi connectivity index (χ4v) is 1.68. The van der Waals surface area contributed by atoms with Crippen molar-refractivity contribution in [3.05, 3.63) is 22.2 Å². The van der Waals surface area contributed by atoms with E-state index in [1.54, 1.807) is 6.07 Å². The van der Waals surface area contributed by atoms with Crippen LogP contribution in [-0.2, 0) is 0 Å². The minimum Gasteiger partial charge on any atom is -0.370 e. The first-order chi connectivity index (χ1) is 9.54. The van der Waals surface area contributed by atoms with Crippen molar-refractivity contribution in [3.63, 3.8) is 0 Å². The van der Waals surface area contributed by atoms with Crippen LogP contribution in [0.2, 0.25) is 0 Å². The van der Waals surface area contributed by atoms with Crippen molar-refractivity contribution < 1.29 is 4.92 Å². The third-order valence-corrected chi connectivity index (χ3v) is 2.70. The van der Waals surface area contributed by atoms with Gasteiger partial charge in [0.2, 0.25) is 5.82 Å². The lowest BCUT2D eigenvalue weighted by Crippen LogP contribution is -2.17.